The summed E-state index contributed by atoms with van der Waals surface area (Å²) < 4.78 is 25.4. The normalized spacial score (nSPS) is 14.0. The number of ether oxygens (including phenoxy) is 2. The summed E-state index contributed by atoms with van der Waals surface area (Å²) >= 11 is 0. The smallest absolute Gasteiger partial charge is 0.271 e. The molecule has 8 nitrogen and oxygen atoms in total. The fourth-order valence-corrected chi connectivity index (χ4v) is 4.14. The van der Waals surface area contributed by atoms with Crippen LogP contribution in [-0.2, 0) is 11.3 Å². The van der Waals surface area contributed by atoms with E-state index in [0.29, 0.717) is 62.1 Å². The van der Waals surface area contributed by atoms with Gasteiger partial charge in [-0.3, -0.25) is 9.59 Å². The lowest BCUT2D eigenvalue weighted by Crippen LogP contribution is -2.41. The number of piperidine rings is 1. The summed E-state index contributed by atoms with van der Waals surface area (Å²) in [6.45, 7) is 4.16. The first-order chi connectivity index (χ1) is 17.0. The molecule has 3 aromatic rings. The summed E-state index contributed by atoms with van der Waals surface area (Å²) in [6, 6.07) is 14.4. The summed E-state index contributed by atoms with van der Waals surface area (Å²) in [7, 11) is 1.59. The van der Waals surface area contributed by atoms with Crippen LogP contribution in [0.5, 0.6) is 11.5 Å². The van der Waals surface area contributed by atoms with Crippen molar-refractivity contribution in [1.82, 2.24) is 15.1 Å². The molecule has 35 heavy (non-hydrogen) atoms. The van der Waals surface area contributed by atoms with E-state index in [1.807, 2.05) is 25.1 Å². The number of benzene rings is 2. The minimum absolute atomic E-state index is 0.0155. The highest BCUT2D eigenvalue weighted by Gasteiger charge is 2.26. The second-order valence-corrected chi connectivity index (χ2v) is 8.32. The van der Waals surface area contributed by atoms with Crippen molar-refractivity contribution in [1.29, 1.82) is 0 Å². The largest absolute Gasteiger partial charge is 0.493 e. The Morgan fingerprint density at radius 3 is 2.51 bits per heavy atom. The van der Waals surface area contributed by atoms with Gasteiger partial charge in [0.25, 0.3) is 5.56 Å². The van der Waals surface area contributed by atoms with Gasteiger partial charge in [-0.2, -0.15) is 4.68 Å². The number of aromatic nitrogens is 2. The minimum Gasteiger partial charge on any atom is -0.493 e. The average Bonchev–Trinajstić information content (AvgIpc) is 2.89. The lowest BCUT2D eigenvalue weighted by molar-refractivity contribution is -0.125. The van der Waals surface area contributed by atoms with Crippen LogP contribution in [-0.4, -0.2) is 42.5 Å². The zero-order valence-corrected chi connectivity index (χ0v) is 19.9. The number of carbonyl (C=O) groups excluding carboxylic acids is 1. The second-order valence-electron chi connectivity index (χ2n) is 8.32. The quantitative estimate of drug-likeness (QED) is 0.533. The van der Waals surface area contributed by atoms with Gasteiger partial charge < -0.3 is 19.7 Å². The number of carbonyl (C=O) groups is 1. The van der Waals surface area contributed by atoms with Gasteiger partial charge in [-0.15, -0.1) is 5.10 Å². The van der Waals surface area contributed by atoms with Crippen LogP contribution in [0, 0.1) is 11.7 Å². The molecule has 2 heterocycles. The van der Waals surface area contributed by atoms with E-state index in [2.05, 4.69) is 15.3 Å². The fourth-order valence-electron chi connectivity index (χ4n) is 4.14. The highest BCUT2D eigenvalue weighted by Crippen LogP contribution is 2.28. The third-order valence-electron chi connectivity index (χ3n) is 6.04. The van der Waals surface area contributed by atoms with Crippen LogP contribution in [0.15, 0.2) is 59.4 Å². The Kier molecular flexibility index (Phi) is 7.64. The molecule has 0 unspecified atom stereocenters. The van der Waals surface area contributed by atoms with Crippen LogP contribution >= 0.6 is 0 Å². The van der Waals surface area contributed by atoms with Crippen molar-refractivity contribution >= 4 is 11.7 Å². The number of rotatable bonds is 8. The third-order valence-corrected chi connectivity index (χ3v) is 6.04. The van der Waals surface area contributed by atoms with Crippen molar-refractivity contribution < 1.29 is 18.7 Å². The van der Waals surface area contributed by atoms with Gasteiger partial charge in [0, 0.05) is 31.6 Å². The molecule has 1 N–H and O–H groups in total. The van der Waals surface area contributed by atoms with E-state index in [-0.39, 0.29) is 23.2 Å². The molecule has 184 valence electrons. The molecule has 4 rings (SSSR count). The van der Waals surface area contributed by atoms with E-state index in [1.165, 1.54) is 35.0 Å². The van der Waals surface area contributed by atoms with Crippen LogP contribution in [0.1, 0.15) is 25.3 Å². The Bertz CT molecular complexity index is 1220. The standard InChI is InChI=1S/C26H29FN4O4/c1-3-35-22-9-4-18(16-23(22)34-2)17-28-26(33)19-12-14-30(15-13-19)24-10-11-25(32)31(29-24)21-7-5-20(27)6-8-21/h4-11,16,19H,3,12-15,17H2,1-2H3,(H,28,33). The number of methoxy groups -OCH3 is 1. The monoisotopic (exact) mass is 480 g/mol. The number of anilines is 1. The van der Waals surface area contributed by atoms with Gasteiger partial charge in [-0.1, -0.05) is 6.07 Å². The molecule has 0 spiro atoms. The van der Waals surface area contributed by atoms with E-state index in [0.717, 1.165) is 5.56 Å². The van der Waals surface area contributed by atoms with Crippen LogP contribution in [0.4, 0.5) is 10.2 Å². The molecule has 0 radical (unpaired) electrons. The summed E-state index contributed by atoms with van der Waals surface area (Å²) in [6.07, 6.45) is 1.35. The maximum atomic E-state index is 13.2. The van der Waals surface area contributed by atoms with Crippen molar-refractivity contribution in [2.75, 3.05) is 31.7 Å². The Balaban J connectivity index is 1.34. The first kappa shape index (κ1) is 24.3. The molecular weight excluding hydrogens is 451 g/mol. The third kappa shape index (κ3) is 5.79. The van der Waals surface area contributed by atoms with Crippen molar-refractivity contribution in [3.05, 3.63) is 76.3 Å². The average molecular weight is 481 g/mol. The van der Waals surface area contributed by atoms with Crippen LogP contribution in [0.25, 0.3) is 5.69 Å². The maximum absolute atomic E-state index is 13.2. The molecular formula is C26H29FN4O4. The van der Waals surface area contributed by atoms with E-state index in [4.69, 9.17) is 9.47 Å². The Morgan fingerprint density at radius 2 is 1.83 bits per heavy atom. The first-order valence-electron chi connectivity index (χ1n) is 11.7. The van der Waals surface area contributed by atoms with Crippen molar-refractivity contribution in [3.63, 3.8) is 0 Å². The van der Waals surface area contributed by atoms with Gasteiger partial charge >= 0.3 is 0 Å². The predicted molar refractivity (Wildman–Crippen MR) is 131 cm³/mol. The summed E-state index contributed by atoms with van der Waals surface area (Å²) in [5.74, 6) is 1.51. The highest BCUT2D eigenvalue weighted by atomic mass is 19.1. The van der Waals surface area contributed by atoms with Crippen LogP contribution in [0.2, 0.25) is 0 Å². The van der Waals surface area contributed by atoms with E-state index in [1.54, 1.807) is 13.2 Å². The Morgan fingerprint density at radius 1 is 1.09 bits per heavy atom. The fraction of sp³-hybridized carbons (Fsp3) is 0.346. The molecule has 2 aromatic carbocycles. The van der Waals surface area contributed by atoms with Crippen molar-refractivity contribution in [2.45, 2.75) is 26.3 Å². The van der Waals surface area contributed by atoms with Gasteiger partial charge in [0.15, 0.2) is 11.5 Å². The van der Waals surface area contributed by atoms with E-state index in [9.17, 15) is 14.0 Å². The van der Waals surface area contributed by atoms with Gasteiger partial charge in [0.1, 0.15) is 11.6 Å². The lowest BCUT2D eigenvalue weighted by atomic mass is 9.96. The Hall–Kier alpha value is -3.88. The Labute approximate surface area is 203 Å². The SMILES string of the molecule is CCOc1ccc(CNC(=O)C2CCN(c3ccc(=O)n(-c4ccc(F)cc4)n3)CC2)cc1OC. The molecule has 1 aliphatic heterocycles. The molecule has 1 aliphatic rings. The van der Waals surface area contributed by atoms with Crippen molar-refractivity contribution in [2.24, 2.45) is 5.92 Å². The minimum atomic E-state index is -0.375. The predicted octanol–water partition coefficient (Wildman–Crippen LogP) is 3.31. The highest BCUT2D eigenvalue weighted by molar-refractivity contribution is 5.79. The number of nitrogens with zero attached hydrogens (tertiary/aromatic N) is 3. The van der Waals surface area contributed by atoms with Gasteiger partial charge in [0.05, 0.1) is 19.4 Å². The lowest BCUT2D eigenvalue weighted by Gasteiger charge is -2.32. The number of hydrogen-bond donors (Lipinski definition) is 1. The van der Waals surface area contributed by atoms with Crippen LogP contribution in [0.3, 0.4) is 0 Å². The number of nitrogens with one attached hydrogen (secondary N) is 1. The molecule has 1 amide bonds. The molecule has 0 aliphatic carbocycles. The molecule has 1 aromatic heterocycles. The zero-order valence-electron chi connectivity index (χ0n) is 19.9. The van der Waals surface area contributed by atoms with E-state index >= 15 is 0 Å². The second kappa shape index (κ2) is 11.0. The molecule has 0 atom stereocenters. The molecule has 1 saturated heterocycles. The van der Waals surface area contributed by atoms with E-state index < -0.39 is 0 Å². The van der Waals surface area contributed by atoms with Gasteiger partial charge in [-0.25, -0.2) is 4.39 Å². The summed E-state index contributed by atoms with van der Waals surface area (Å²) in [5, 5.41) is 7.49. The van der Waals surface area contributed by atoms with Crippen LogP contribution < -0.4 is 25.2 Å². The number of amides is 1. The first-order valence-corrected chi connectivity index (χ1v) is 11.7. The summed E-state index contributed by atoms with van der Waals surface area (Å²) in [5.41, 5.74) is 1.14. The van der Waals surface area contributed by atoms with Gasteiger partial charge in [-0.05, 0) is 67.8 Å². The molecule has 0 bridgehead atoms. The molecule has 0 saturated carbocycles. The zero-order chi connectivity index (χ0) is 24.8. The van der Waals surface area contributed by atoms with Crippen molar-refractivity contribution in [3.8, 4) is 17.2 Å². The number of halogens is 1. The molecule has 9 heteroatoms. The number of hydrogen-bond acceptors (Lipinski definition) is 6. The summed E-state index contributed by atoms with van der Waals surface area (Å²) in [4.78, 5) is 27.1. The topological polar surface area (TPSA) is 85.7 Å². The van der Waals surface area contributed by atoms with Gasteiger partial charge in [0.2, 0.25) is 5.91 Å². The molecule has 1 fully saturated rings. The maximum Gasteiger partial charge on any atom is 0.271 e.